The predicted octanol–water partition coefficient (Wildman–Crippen LogP) is 5.27. The molecule has 1 atom stereocenters. The Morgan fingerprint density at radius 1 is 1.03 bits per heavy atom. The van der Waals surface area contributed by atoms with Crippen LogP contribution in [0.15, 0.2) is 54.6 Å². The van der Waals surface area contributed by atoms with E-state index in [0.29, 0.717) is 5.92 Å². The highest BCUT2D eigenvalue weighted by atomic mass is 16.2. The molecule has 0 spiro atoms. The molecule has 2 aromatic rings. The molecule has 1 saturated heterocycles. The van der Waals surface area contributed by atoms with E-state index in [9.17, 15) is 4.79 Å². The number of carbonyl (C=O) groups is 1. The number of hydrogen-bond donors (Lipinski definition) is 1. The number of piperidine rings is 1. The van der Waals surface area contributed by atoms with Gasteiger partial charge >= 0.3 is 0 Å². The van der Waals surface area contributed by atoms with E-state index in [1.54, 1.807) is 0 Å². The maximum Gasteiger partial charge on any atom is 0.253 e. The summed E-state index contributed by atoms with van der Waals surface area (Å²) in [5, 5.41) is 3.48. The number of rotatable bonds is 9. The maximum atomic E-state index is 12.9. The van der Waals surface area contributed by atoms with Gasteiger partial charge in [-0.1, -0.05) is 42.5 Å². The van der Waals surface area contributed by atoms with Crippen LogP contribution >= 0.6 is 0 Å². The van der Waals surface area contributed by atoms with Crippen molar-refractivity contribution in [3.8, 4) is 0 Å². The minimum absolute atomic E-state index is 0.153. The summed E-state index contributed by atoms with van der Waals surface area (Å²) in [6, 6.07) is 19.2. The van der Waals surface area contributed by atoms with E-state index >= 15 is 0 Å². The summed E-state index contributed by atoms with van der Waals surface area (Å²) in [5.74, 6) is 1.43. The van der Waals surface area contributed by atoms with Gasteiger partial charge in [0, 0.05) is 18.7 Å². The topological polar surface area (TPSA) is 32.3 Å². The second-order valence-electron chi connectivity index (χ2n) is 8.25. The van der Waals surface area contributed by atoms with Crippen LogP contribution in [0.4, 0.5) is 0 Å². The number of nitrogens with one attached hydrogen (secondary N) is 1. The van der Waals surface area contributed by atoms with Crippen molar-refractivity contribution in [1.82, 2.24) is 10.2 Å². The Bertz CT molecular complexity index is 748. The number of hydrogen-bond acceptors (Lipinski definition) is 2. The Hall–Kier alpha value is -2.13. The third kappa shape index (κ3) is 6.17. The van der Waals surface area contributed by atoms with Gasteiger partial charge in [0.2, 0.25) is 0 Å². The summed E-state index contributed by atoms with van der Waals surface area (Å²) in [7, 11) is 0. The normalized spacial score (nSPS) is 15.8. The summed E-state index contributed by atoms with van der Waals surface area (Å²) in [6.45, 7) is 7.88. The van der Waals surface area contributed by atoms with Crippen molar-refractivity contribution < 1.29 is 4.79 Å². The lowest BCUT2D eigenvalue weighted by atomic mass is 9.81. The van der Waals surface area contributed by atoms with Gasteiger partial charge in [-0.05, 0) is 94.1 Å². The smallest absolute Gasteiger partial charge is 0.253 e. The molecule has 1 heterocycles. The molecule has 3 nitrogen and oxygen atoms in total. The molecule has 1 aliphatic heterocycles. The standard InChI is InChI=1S/C26H36N2O/c1-3-28(4-2)26(29)25-12-8-11-23(20-25)24(19-22-15-17-27-18-16-22)14-13-21-9-6-5-7-10-21/h5-12,20,22,24,27H,3-4,13-19H2,1-2H3. The minimum atomic E-state index is 0.153. The van der Waals surface area contributed by atoms with E-state index in [4.69, 9.17) is 0 Å². The first-order chi connectivity index (χ1) is 14.2. The van der Waals surface area contributed by atoms with Gasteiger partial charge < -0.3 is 10.2 Å². The van der Waals surface area contributed by atoms with Crippen LogP contribution in [0.25, 0.3) is 0 Å². The second-order valence-corrected chi connectivity index (χ2v) is 8.25. The van der Waals surface area contributed by atoms with Gasteiger partial charge in [0.1, 0.15) is 0 Å². The zero-order chi connectivity index (χ0) is 20.5. The Labute approximate surface area is 176 Å². The lowest BCUT2D eigenvalue weighted by molar-refractivity contribution is 0.0773. The lowest BCUT2D eigenvalue weighted by Gasteiger charge is -2.28. The highest BCUT2D eigenvalue weighted by Gasteiger charge is 2.21. The van der Waals surface area contributed by atoms with Crippen molar-refractivity contribution in [2.75, 3.05) is 26.2 Å². The molecule has 1 N–H and O–H groups in total. The molecule has 29 heavy (non-hydrogen) atoms. The maximum absolute atomic E-state index is 12.9. The Morgan fingerprint density at radius 2 is 1.76 bits per heavy atom. The van der Waals surface area contributed by atoms with Crippen LogP contribution < -0.4 is 5.32 Å². The van der Waals surface area contributed by atoms with Crippen LogP contribution in [0.2, 0.25) is 0 Å². The summed E-state index contributed by atoms with van der Waals surface area (Å²) >= 11 is 0. The number of carbonyl (C=O) groups excluding carboxylic acids is 1. The molecule has 0 aliphatic carbocycles. The molecule has 0 radical (unpaired) electrons. The summed E-state index contributed by atoms with van der Waals surface area (Å²) in [6.07, 6.45) is 5.97. The molecule has 1 aliphatic rings. The van der Waals surface area contributed by atoms with Gasteiger partial charge in [0.05, 0.1) is 0 Å². The van der Waals surface area contributed by atoms with Crippen molar-refractivity contribution in [3.05, 3.63) is 71.3 Å². The average Bonchev–Trinajstić information content (AvgIpc) is 2.79. The quantitative estimate of drug-likeness (QED) is 0.630. The van der Waals surface area contributed by atoms with Crippen molar-refractivity contribution >= 4 is 5.91 Å². The highest BCUT2D eigenvalue weighted by molar-refractivity contribution is 5.94. The van der Waals surface area contributed by atoms with Crippen LogP contribution in [-0.4, -0.2) is 37.0 Å². The Balaban J connectivity index is 1.78. The molecule has 3 heteroatoms. The molecule has 0 saturated carbocycles. The van der Waals surface area contributed by atoms with Crippen LogP contribution in [0.3, 0.4) is 0 Å². The zero-order valence-corrected chi connectivity index (χ0v) is 18.1. The van der Waals surface area contributed by atoms with Gasteiger partial charge in [0.25, 0.3) is 5.91 Å². The van der Waals surface area contributed by atoms with Crippen LogP contribution in [0.5, 0.6) is 0 Å². The van der Waals surface area contributed by atoms with Crippen LogP contribution in [-0.2, 0) is 6.42 Å². The van der Waals surface area contributed by atoms with Gasteiger partial charge in [0.15, 0.2) is 0 Å². The molecule has 1 amide bonds. The number of aryl methyl sites for hydroxylation is 1. The SMILES string of the molecule is CCN(CC)C(=O)c1cccc(C(CCc2ccccc2)CC2CCNCC2)c1. The summed E-state index contributed by atoms with van der Waals surface area (Å²) in [5.41, 5.74) is 3.57. The molecular formula is C26H36N2O. The average molecular weight is 393 g/mol. The molecule has 2 aromatic carbocycles. The van der Waals surface area contributed by atoms with E-state index in [1.807, 2.05) is 24.8 Å². The second kappa shape index (κ2) is 11.2. The lowest BCUT2D eigenvalue weighted by Crippen LogP contribution is -2.30. The first kappa shape index (κ1) is 21.6. The predicted molar refractivity (Wildman–Crippen MR) is 121 cm³/mol. The number of benzene rings is 2. The molecule has 0 aromatic heterocycles. The van der Waals surface area contributed by atoms with Gasteiger partial charge in [-0.15, -0.1) is 0 Å². The van der Waals surface area contributed by atoms with Gasteiger partial charge in [-0.2, -0.15) is 0 Å². The third-order valence-corrected chi connectivity index (χ3v) is 6.36. The van der Waals surface area contributed by atoms with Crippen molar-refractivity contribution in [3.63, 3.8) is 0 Å². The Kier molecular flexibility index (Phi) is 8.30. The van der Waals surface area contributed by atoms with Gasteiger partial charge in [-0.25, -0.2) is 0 Å². The van der Waals surface area contributed by atoms with E-state index in [0.717, 1.165) is 50.5 Å². The fourth-order valence-corrected chi connectivity index (χ4v) is 4.54. The van der Waals surface area contributed by atoms with Crippen LogP contribution in [0.1, 0.15) is 66.9 Å². The molecule has 1 unspecified atom stereocenters. The van der Waals surface area contributed by atoms with E-state index in [2.05, 4.69) is 53.8 Å². The highest BCUT2D eigenvalue weighted by Crippen LogP contribution is 2.32. The molecule has 156 valence electrons. The van der Waals surface area contributed by atoms with Crippen molar-refractivity contribution in [1.29, 1.82) is 0 Å². The molecule has 0 bridgehead atoms. The first-order valence-corrected chi connectivity index (χ1v) is 11.3. The first-order valence-electron chi connectivity index (χ1n) is 11.3. The Morgan fingerprint density at radius 3 is 2.45 bits per heavy atom. The zero-order valence-electron chi connectivity index (χ0n) is 18.1. The molecule has 3 rings (SSSR count). The van der Waals surface area contributed by atoms with Crippen molar-refractivity contribution in [2.45, 2.75) is 51.9 Å². The van der Waals surface area contributed by atoms with Crippen molar-refractivity contribution in [2.24, 2.45) is 5.92 Å². The fourth-order valence-electron chi connectivity index (χ4n) is 4.54. The van der Waals surface area contributed by atoms with E-state index in [1.165, 1.54) is 30.4 Å². The van der Waals surface area contributed by atoms with Gasteiger partial charge in [-0.3, -0.25) is 4.79 Å². The molecular weight excluding hydrogens is 356 g/mol. The van der Waals surface area contributed by atoms with E-state index in [-0.39, 0.29) is 5.91 Å². The monoisotopic (exact) mass is 392 g/mol. The third-order valence-electron chi connectivity index (χ3n) is 6.36. The minimum Gasteiger partial charge on any atom is -0.339 e. The summed E-state index contributed by atoms with van der Waals surface area (Å²) in [4.78, 5) is 14.8. The largest absolute Gasteiger partial charge is 0.339 e. The van der Waals surface area contributed by atoms with Crippen LogP contribution in [0, 0.1) is 5.92 Å². The van der Waals surface area contributed by atoms with E-state index < -0.39 is 0 Å². The number of nitrogens with zero attached hydrogens (tertiary/aromatic N) is 1. The number of amides is 1. The molecule has 1 fully saturated rings. The fraction of sp³-hybridized carbons (Fsp3) is 0.500. The summed E-state index contributed by atoms with van der Waals surface area (Å²) < 4.78 is 0.